The lowest BCUT2D eigenvalue weighted by atomic mass is 9.90. The van der Waals surface area contributed by atoms with Crippen LogP contribution in [0.3, 0.4) is 0 Å². The number of aliphatic hydroxyl groups excluding tert-OH is 1. The molecule has 0 aliphatic carbocycles. The molecule has 0 heterocycles. The summed E-state index contributed by atoms with van der Waals surface area (Å²) >= 11 is 0. The van der Waals surface area contributed by atoms with Crippen LogP contribution in [0.2, 0.25) is 18.1 Å². The molecule has 0 amide bonds. The quantitative estimate of drug-likeness (QED) is 0.243. The number of allylic oxidation sites excluding steroid dienone is 1. The molecule has 0 bridgehead atoms. The van der Waals surface area contributed by atoms with Crippen molar-refractivity contribution in [3.8, 4) is 0 Å². The zero-order chi connectivity index (χ0) is 18.9. The third-order valence-electron chi connectivity index (χ3n) is 5.08. The summed E-state index contributed by atoms with van der Waals surface area (Å²) in [5.74, 6) is -0.801. The van der Waals surface area contributed by atoms with Crippen molar-refractivity contribution in [3.05, 3.63) is 24.3 Å². The van der Waals surface area contributed by atoms with Crippen LogP contribution in [0.5, 0.6) is 0 Å². The van der Waals surface area contributed by atoms with E-state index in [0.717, 1.165) is 36.5 Å². The Morgan fingerprint density at radius 3 is 2.04 bits per heavy atom. The van der Waals surface area contributed by atoms with E-state index in [4.69, 9.17) is 4.43 Å². The zero-order valence-electron chi connectivity index (χ0n) is 16.4. The van der Waals surface area contributed by atoms with Gasteiger partial charge in [-0.2, -0.15) is 0 Å². The molecule has 0 aromatic rings. The SMILES string of the molecule is C=C(C)CC[C@H](O[Si](CC)(CC)CC)[C@@H](C)C(O)C(=C)C(=O)OC. The summed E-state index contributed by atoms with van der Waals surface area (Å²) in [7, 11) is -0.523. The first-order valence-electron chi connectivity index (χ1n) is 8.95. The van der Waals surface area contributed by atoms with Crippen LogP contribution in [0.25, 0.3) is 0 Å². The Kier molecular flexibility index (Phi) is 10.4. The lowest BCUT2D eigenvalue weighted by molar-refractivity contribution is -0.137. The van der Waals surface area contributed by atoms with Gasteiger partial charge in [0.25, 0.3) is 0 Å². The molecule has 1 unspecified atom stereocenters. The number of carbonyl (C=O) groups is 1. The highest BCUT2D eigenvalue weighted by Gasteiger charge is 2.37. The van der Waals surface area contributed by atoms with E-state index in [-0.39, 0.29) is 17.6 Å². The van der Waals surface area contributed by atoms with Crippen LogP contribution < -0.4 is 0 Å². The Hall–Kier alpha value is -0.913. The van der Waals surface area contributed by atoms with Crippen molar-refractivity contribution in [1.82, 2.24) is 0 Å². The van der Waals surface area contributed by atoms with Gasteiger partial charge in [0.2, 0.25) is 0 Å². The lowest BCUT2D eigenvalue weighted by Gasteiger charge is -2.37. The fourth-order valence-corrected chi connectivity index (χ4v) is 5.89. The van der Waals surface area contributed by atoms with E-state index in [0.29, 0.717) is 0 Å². The summed E-state index contributed by atoms with van der Waals surface area (Å²) in [5, 5.41) is 10.6. The first kappa shape index (κ1) is 23.1. The molecular weight excluding hydrogens is 320 g/mol. The molecule has 0 saturated heterocycles. The van der Waals surface area contributed by atoms with Gasteiger partial charge in [0.1, 0.15) is 0 Å². The molecule has 0 aliphatic heterocycles. The fraction of sp³-hybridized carbons (Fsp3) is 0.737. The second-order valence-electron chi connectivity index (χ2n) is 6.72. The van der Waals surface area contributed by atoms with E-state index in [1.807, 2.05) is 13.8 Å². The fourth-order valence-electron chi connectivity index (χ4n) is 2.91. The summed E-state index contributed by atoms with van der Waals surface area (Å²) in [6.07, 6.45) is 0.541. The third-order valence-corrected chi connectivity index (χ3v) is 9.75. The summed E-state index contributed by atoms with van der Waals surface area (Å²) in [6.45, 7) is 18.1. The van der Waals surface area contributed by atoms with Gasteiger partial charge in [-0.25, -0.2) is 4.79 Å². The zero-order valence-corrected chi connectivity index (χ0v) is 17.4. The van der Waals surface area contributed by atoms with Gasteiger partial charge in [-0.05, 0) is 37.9 Å². The van der Waals surface area contributed by atoms with Crippen LogP contribution in [-0.2, 0) is 14.0 Å². The van der Waals surface area contributed by atoms with Gasteiger partial charge in [-0.3, -0.25) is 0 Å². The normalized spacial score (nSPS) is 15.5. The van der Waals surface area contributed by atoms with Crippen molar-refractivity contribution < 1.29 is 19.1 Å². The van der Waals surface area contributed by atoms with Crippen molar-refractivity contribution in [1.29, 1.82) is 0 Å². The van der Waals surface area contributed by atoms with Gasteiger partial charge in [-0.1, -0.05) is 39.8 Å². The highest BCUT2D eigenvalue weighted by molar-refractivity contribution is 6.73. The maximum Gasteiger partial charge on any atom is 0.335 e. The van der Waals surface area contributed by atoms with Gasteiger partial charge in [0.15, 0.2) is 8.32 Å². The third kappa shape index (κ3) is 6.53. The summed E-state index contributed by atoms with van der Waals surface area (Å²) in [4.78, 5) is 11.7. The van der Waals surface area contributed by atoms with Crippen LogP contribution in [0, 0.1) is 5.92 Å². The number of aliphatic hydroxyl groups is 1. The molecule has 140 valence electrons. The maximum absolute atomic E-state index is 11.7. The Balaban J connectivity index is 5.33. The van der Waals surface area contributed by atoms with Crippen LogP contribution in [0.15, 0.2) is 24.3 Å². The molecule has 0 fully saturated rings. The van der Waals surface area contributed by atoms with Crippen LogP contribution >= 0.6 is 0 Å². The van der Waals surface area contributed by atoms with Crippen molar-refractivity contribution in [2.24, 2.45) is 5.92 Å². The van der Waals surface area contributed by atoms with Crippen molar-refractivity contribution in [3.63, 3.8) is 0 Å². The highest BCUT2D eigenvalue weighted by Crippen LogP contribution is 2.30. The molecule has 0 saturated carbocycles. The monoisotopic (exact) mass is 356 g/mol. The number of esters is 1. The summed E-state index contributed by atoms with van der Waals surface area (Å²) < 4.78 is 11.3. The number of rotatable bonds is 12. The molecule has 3 atom stereocenters. The van der Waals surface area contributed by atoms with Crippen molar-refractivity contribution >= 4 is 14.3 Å². The smallest absolute Gasteiger partial charge is 0.335 e. The molecule has 0 radical (unpaired) electrons. The number of carbonyl (C=O) groups excluding carboxylic acids is 1. The topological polar surface area (TPSA) is 55.8 Å². The molecule has 5 heteroatoms. The summed E-state index contributed by atoms with van der Waals surface area (Å²) in [5.41, 5.74) is 1.18. The minimum atomic E-state index is -1.82. The number of methoxy groups -OCH3 is 1. The average molecular weight is 357 g/mol. The number of hydrogen-bond donors (Lipinski definition) is 1. The molecule has 0 spiro atoms. The average Bonchev–Trinajstić information content (AvgIpc) is 2.59. The highest BCUT2D eigenvalue weighted by atomic mass is 28.4. The van der Waals surface area contributed by atoms with Gasteiger partial charge >= 0.3 is 5.97 Å². The molecule has 0 aromatic heterocycles. The molecular formula is C19H36O4Si. The predicted octanol–water partition coefficient (Wildman–Crippen LogP) is 4.46. The van der Waals surface area contributed by atoms with E-state index < -0.39 is 20.4 Å². The van der Waals surface area contributed by atoms with E-state index in [1.165, 1.54) is 7.11 Å². The van der Waals surface area contributed by atoms with Crippen LogP contribution in [-0.4, -0.2) is 38.7 Å². The second kappa shape index (κ2) is 10.8. The largest absolute Gasteiger partial charge is 0.466 e. The molecule has 0 rings (SSSR count). The minimum Gasteiger partial charge on any atom is -0.466 e. The Morgan fingerprint density at radius 1 is 1.17 bits per heavy atom. The molecule has 0 aliphatic rings. The minimum absolute atomic E-state index is 0.0886. The van der Waals surface area contributed by atoms with Gasteiger partial charge in [-0.15, -0.1) is 6.58 Å². The predicted molar refractivity (Wildman–Crippen MR) is 102 cm³/mol. The van der Waals surface area contributed by atoms with Crippen LogP contribution in [0.1, 0.15) is 47.5 Å². The van der Waals surface area contributed by atoms with Crippen molar-refractivity contribution in [2.75, 3.05) is 7.11 Å². The van der Waals surface area contributed by atoms with Crippen LogP contribution in [0.4, 0.5) is 0 Å². The first-order valence-corrected chi connectivity index (χ1v) is 11.5. The molecule has 0 aromatic carbocycles. The standard InChI is InChI=1S/C19H36O4Si/c1-9-24(10-2,11-3)23-17(13-12-14(4)5)15(6)18(20)16(7)19(21)22-8/h15,17-18,20H,4,7,9-13H2,1-3,5-6,8H3/t15-,17+,18?/m1/s1. The Labute approximate surface area is 149 Å². The molecule has 4 nitrogen and oxygen atoms in total. The molecule has 1 N–H and O–H groups in total. The maximum atomic E-state index is 11.7. The van der Waals surface area contributed by atoms with E-state index in [1.54, 1.807) is 0 Å². The number of ether oxygens (including phenoxy) is 1. The van der Waals surface area contributed by atoms with E-state index in [2.05, 4.69) is 38.7 Å². The van der Waals surface area contributed by atoms with Gasteiger partial charge < -0.3 is 14.3 Å². The first-order chi connectivity index (χ1) is 11.2. The Bertz CT molecular complexity index is 421. The number of hydrogen-bond acceptors (Lipinski definition) is 4. The summed E-state index contributed by atoms with van der Waals surface area (Å²) in [6, 6.07) is 3.14. The van der Waals surface area contributed by atoms with E-state index in [9.17, 15) is 9.90 Å². The van der Waals surface area contributed by atoms with Gasteiger partial charge in [0, 0.05) is 5.92 Å². The van der Waals surface area contributed by atoms with E-state index >= 15 is 0 Å². The second-order valence-corrected chi connectivity index (χ2v) is 11.4. The van der Waals surface area contributed by atoms with Crippen molar-refractivity contribution in [2.45, 2.75) is 77.8 Å². The van der Waals surface area contributed by atoms with Gasteiger partial charge in [0.05, 0.1) is 24.9 Å². The lowest BCUT2D eigenvalue weighted by Crippen LogP contribution is -2.45. The molecule has 24 heavy (non-hydrogen) atoms. The Morgan fingerprint density at radius 2 is 1.67 bits per heavy atom.